The van der Waals surface area contributed by atoms with Crippen molar-refractivity contribution in [2.24, 2.45) is 4.99 Å². The van der Waals surface area contributed by atoms with Crippen molar-refractivity contribution in [3.05, 3.63) is 29.3 Å². The van der Waals surface area contributed by atoms with E-state index in [1.807, 2.05) is 12.1 Å². The first kappa shape index (κ1) is 25.6. The smallest absolute Gasteiger partial charge is 0.335 e. The van der Waals surface area contributed by atoms with E-state index in [2.05, 4.69) is 20.8 Å². The monoisotopic (exact) mass is 427 g/mol. The Balaban J connectivity index is 2.03. The highest BCUT2D eigenvalue weighted by Crippen LogP contribution is 2.47. The molecule has 31 heavy (non-hydrogen) atoms. The first-order valence-electron chi connectivity index (χ1n) is 13.0. The van der Waals surface area contributed by atoms with E-state index in [1.54, 1.807) is 6.07 Å². The van der Waals surface area contributed by atoms with Crippen LogP contribution in [0.3, 0.4) is 0 Å². The molecular weight excluding hydrogens is 382 g/mol. The number of unbranched alkanes of at least 4 members (excludes halogenated alkanes) is 12. The first-order valence-corrected chi connectivity index (χ1v) is 13.0. The highest BCUT2D eigenvalue weighted by Gasteiger charge is 2.40. The molecule has 1 heterocycles. The molecule has 2 rings (SSSR count). The third-order valence-electron chi connectivity index (χ3n) is 7.15. The van der Waals surface area contributed by atoms with E-state index in [9.17, 15) is 9.90 Å². The van der Waals surface area contributed by atoms with Gasteiger partial charge in [-0.25, -0.2) is 4.79 Å². The number of carboxylic acids is 1. The van der Waals surface area contributed by atoms with Crippen LogP contribution >= 0.6 is 0 Å². The van der Waals surface area contributed by atoms with Crippen molar-refractivity contribution < 1.29 is 9.90 Å². The van der Waals surface area contributed by atoms with E-state index in [1.165, 1.54) is 101 Å². The Morgan fingerprint density at radius 2 is 1.29 bits per heavy atom. The summed E-state index contributed by atoms with van der Waals surface area (Å²) in [5, 5.41) is 9.55. The average molecular weight is 428 g/mol. The summed E-state index contributed by atoms with van der Waals surface area (Å²) in [6.07, 6.45) is 20.4. The molecule has 0 fully saturated rings. The van der Waals surface area contributed by atoms with E-state index in [4.69, 9.17) is 4.99 Å². The predicted molar refractivity (Wildman–Crippen MR) is 133 cm³/mol. The molecule has 0 saturated carbocycles. The fourth-order valence-electron chi connectivity index (χ4n) is 5.16. The molecule has 0 aromatic heterocycles. The number of carbonyl (C=O) groups is 1. The SMILES string of the molecule is CCCCCCCCCCC1(CCCCCCCC)C(C)=Nc2ccc(C(=O)O)cc21. The van der Waals surface area contributed by atoms with Crippen LogP contribution in [-0.2, 0) is 5.41 Å². The Labute approximate surface area is 190 Å². The largest absolute Gasteiger partial charge is 0.478 e. The number of benzene rings is 1. The molecule has 1 aromatic rings. The lowest BCUT2D eigenvalue weighted by Gasteiger charge is -2.32. The molecular formula is C28H45NO2. The standard InChI is InChI=1S/C28H45NO2/c1-4-6-8-10-12-13-15-17-21-28(20-16-14-11-9-7-5-2)23(3)29-26-19-18-24(27(30)31)22-25(26)28/h18-19,22H,4-17,20-21H2,1-3H3,(H,30,31). The van der Waals surface area contributed by atoms with Gasteiger partial charge in [-0.15, -0.1) is 0 Å². The van der Waals surface area contributed by atoms with Gasteiger partial charge in [-0.1, -0.05) is 104 Å². The minimum Gasteiger partial charge on any atom is -0.478 e. The minimum atomic E-state index is -0.840. The Hall–Kier alpha value is -1.64. The minimum absolute atomic E-state index is 0.0617. The zero-order chi connectivity index (χ0) is 22.5. The highest BCUT2D eigenvalue weighted by atomic mass is 16.4. The molecule has 1 N–H and O–H groups in total. The topological polar surface area (TPSA) is 49.7 Å². The van der Waals surface area contributed by atoms with Crippen molar-refractivity contribution in [1.29, 1.82) is 0 Å². The molecule has 1 aliphatic rings. The van der Waals surface area contributed by atoms with Crippen LogP contribution in [0.25, 0.3) is 0 Å². The van der Waals surface area contributed by atoms with Gasteiger partial charge in [0.2, 0.25) is 0 Å². The zero-order valence-electron chi connectivity index (χ0n) is 20.3. The van der Waals surface area contributed by atoms with Crippen molar-refractivity contribution >= 4 is 17.4 Å². The predicted octanol–water partition coefficient (Wildman–Crippen LogP) is 9.01. The van der Waals surface area contributed by atoms with Crippen molar-refractivity contribution in [3.8, 4) is 0 Å². The maximum absolute atomic E-state index is 11.6. The summed E-state index contributed by atoms with van der Waals surface area (Å²) < 4.78 is 0. The molecule has 0 spiro atoms. The fraction of sp³-hybridized carbons (Fsp3) is 0.714. The highest BCUT2D eigenvalue weighted by molar-refractivity contribution is 6.01. The van der Waals surface area contributed by atoms with Crippen LogP contribution in [0.15, 0.2) is 23.2 Å². The number of fused-ring (bicyclic) bond motifs is 1. The second-order valence-corrected chi connectivity index (χ2v) is 9.56. The zero-order valence-corrected chi connectivity index (χ0v) is 20.3. The number of aromatic carboxylic acids is 1. The van der Waals surface area contributed by atoms with Gasteiger partial charge in [0.05, 0.1) is 11.3 Å². The fourth-order valence-corrected chi connectivity index (χ4v) is 5.16. The average Bonchev–Trinajstić information content (AvgIpc) is 3.03. The van der Waals surface area contributed by atoms with Crippen molar-refractivity contribution in [2.45, 2.75) is 129 Å². The second kappa shape index (κ2) is 13.7. The molecule has 0 bridgehead atoms. The summed E-state index contributed by atoms with van der Waals surface area (Å²) in [5.74, 6) is -0.840. The molecule has 0 aliphatic carbocycles. The summed E-state index contributed by atoms with van der Waals surface area (Å²) in [6.45, 7) is 6.69. The number of hydrogen-bond acceptors (Lipinski definition) is 2. The first-order chi connectivity index (χ1) is 15.0. The Bertz CT molecular complexity index is 709. The van der Waals surface area contributed by atoms with Crippen molar-refractivity contribution in [2.75, 3.05) is 0 Å². The van der Waals surface area contributed by atoms with Gasteiger partial charge in [-0.05, 0) is 43.5 Å². The van der Waals surface area contributed by atoms with Crippen LogP contribution in [-0.4, -0.2) is 16.8 Å². The number of aliphatic imine (C=N–C) groups is 1. The number of hydrogen-bond donors (Lipinski definition) is 1. The van der Waals surface area contributed by atoms with Gasteiger partial charge in [0, 0.05) is 11.1 Å². The van der Waals surface area contributed by atoms with Crippen LogP contribution in [0, 0.1) is 0 Å². The van der Waals surface area contributed by atoms with Gasteiger partial charge in [0.25, 0.3) is 0 Å². The molecule has 1 atom stereocenters. The Morgan fingerprint density at radius 3 is 1.77 bits per heavy atom. The van der Waals surface area contributed by atoms with Crippen LogP contribution in [0.5, 0.6) is 0 Å². The number of carboxylic acid groups (broad SMARTS) is 1. The molecule has 1 unspecified atom stereocenters. The lowest BCUT2D eigenvalue weighted by Crippen LogP contribution is -2.32. The van der Waals surface area contributed by atoms with E-state index in [-0.39, 0.29) is 5.41 Å². The maximum atomic E-state index is 11.6. The summed E-state index contributed by atoms with van der Waals surface area (Å²) in [6, 6.07) is 5.54. The summed E-state index contributed by atoms with van der Waals surface area (Å²) in [4.78, 5) is 16.5. The molecule has 1 aromatic carbocycles. The van der Waals surface area contributed by atoms with E-state index in [0.29, 0.717) is 5.56 Å². The van der Waals surface area contributed by atoms with Crippen molar-refractivity contribution in [1.82, 2.24) is 0 Å². The summed E-state index contributed by atoms with van der Waals surface area (Å²) >= 11 is 0. The third-order valence-corrected chi connectivity index (χ3v) is 7.15. The summed E-state index contributed by atoms with van der Waals surface area (Å²) in [7, 11) is 0. The van der Waals surface area contributed by atoms with Crippen LogP contribution in [0.4, 0.5) is 5.69 Å². The van der Waals surface area contributed by atoms with Gasteiger partial charge in [-0.3, -0.25) is 4.99 Å². The maximum Gasteiger partial charge on any atom is 0.335 e. The summed E-state index contributed by atoms with van der Waals surface area (Å²) in [5.41, 5.74) is 3.69. The normalized spacial score (nSPS) is 17.6. The van der Waals surface area contributed by atoms with Gasteiger partial charge in [0.15, 0.2) is 0 Å². The van der Waals surface area contributed by atoms with Gasteiger partial charge < -0.3 is 5.11 Å². The number of nitrogens with zero attached hydrogens (tertiary/aromatic N) is 1. The van der Waals surface area contributed by atoms with E-state index in [0.717, 1.165) is 18.5 Å². The lowest BCUT2D eigenvalue weighted by atomic mass is 9.70. The molecule has 3 nitrogen and oxygen atoms in total. The second-order valence-electron chi connectivity index (χ2n) is 9.56. The quantitative estimate of drug-likeness (QED) is 0.252. The third kappa shape index (κ3) is 7.47. The molecule has 0 radical (unpaired) electrons. The van der Waals surface area contributed by atoms with Gasteiger partial charge in [0.1, 0.15) is 0 Å². The van der Waals surface area contributed by atoms with Crippen LogP contribution < -0.4 is 0 Å². The van der Waals surface area contributed by atoms with Crippen LogP contribution in [0.2, 0.25) is 0 Å². The van der Waals surface area contributed by atoms with Gasteiger partial charge in [-0.2, -0.15) is 0 Å². The van der Waals surface area contributed by atoms with Gasteiger partial charge >= 0.3 is 5.97 Å². The van der Waals surface area contributed by atoms with Crippen LogP contribution in [0.1, 0.15) is 139 Å². The molecule has 0 saturated heterocycles. The Morgan fingerprint density at radius 1 is 0.806 bits per heavy atom. The molecule has 3 heteroatoms. The molecule has 0 amide bonds. The van der Waals surface area contributed by atoms with E-state index >= 15 is 0 Å². The van der Waals surface area contributed by atoms with Crippen molar-refractivity contribution in [3.63, 3.8) is 0 Å². The molecule has 1 aliphatic heterocycles. The molecule has 174 valence electrons. The Kier molecular flexibility index (Phi) is 11.3. The van der Waals surface area contributed by atoms with E-state index < -0.39 is 5.97 Å². The number of rotatable bonds is 17. The lowest BCUT2D eigenvalue weighted by molar-refractivity contribution is 0.0696.